The van der Waals surface area contributed by atoms with Gasteiger partial charge in [0.05, 0.1) is 22.3 Å². The van der Waals surface area contributed by atoms with Crippen LogP contribution in [0.3, 0.4) is 0 Å². The highest BCUT2D eigenvalue weighted by molar-refractivity contribution is 9.10. The van der Waals surface area contributed by atoms with Gasteiger partial charge in [0.1, 0.15) is 0 Å². The second-order valence-electron chi connectivity index (χ2n) is 8.42. The summed E-state index contributed by atoms with van der Waals surface area (Å²) in [6.07, 6.45) is -4.49. The molecule has 7 heteroatoms. The smallest absolute Gasteiger partial charge is 0.308 e. The van der Waals surface area contributed by atoms with Gasteiger partial charge in [0.15, 0.2) is 0 Å². The van der Waals surface area contributed by atoms with Gasteiger partial charge in [-0.2, -0.15) is 13.2 Å². The molecule has 0 fully saturated rings. The second kappa shape index (κ2) is 8.91. The predicted octanol–water partition coefficient (Wildman–Crippen LogP) is 10.7. The molecule has 6 aromatic rings. The Kier molecular flexibility index (Phi) is 5.82. The molecule has 0 aliphatic rings. The van der Waals surface area contributed by atoms with E-state index in [1.54, 1.807) is 0 Å². The fourth-order valence-corrected chi connectivity index (χ4v) is 6.14. The molecule has 0 spiro atoms. The van der Waals surface area contributed by atoms with Crippen molar-refractivity contribution >= 4 is 65.0 Å². The van der Waals surface area contributed by atoms with E-state index in [4.69, 9.17) is 0 Å². The number of hydrogen-bond donors (Lipinski definition) is 0. The molecule has 178 valence electrons. The Bertz CT molecular complexity index is 1680. The lowest BCUT2D eigenvalue weighted by molar-refractivity contribution is -0.137. The number of aromatic nitrogens is 1. The highest BCUT2D eigenvalue weighted by Gasteiger charge is 2.33. The molecule has 6 rings (SSSR count). The highest BCUT2D eigenvalue weighted by atomic mass is 79.9. The van der Waals surface area contributed by atoms with E-state index >= 15 is 0 Å². The van der Waals surface area contributed by atoms with Crippen molar-refractivity contribution in [1.29, 1.82) is 0 Å². The van der Waals surface area contributed by atoms with Crippen molar-refractivity contribution in [3.05, 3.63) is 111 Å². The number of alkyl halides is 3. The molecule has 0 unspecified atom stereocenters. The van der Waals surface area contributed by atoms with Gasteiger partial charge in [-0.3, -0.25) is 0 Å². The van der Waals surface area contributed by atoms with E-state index in [0.29, 0.717) is 16.8 Å². The minimum Gasteiger partial charge on any atom is -0.308 e. The number of hydrogen-bond acceptors (Lipinski definition) is 1. The Balaban J connectivity index is 1.86. The Morgan fingerprint density at radius 1 is 0.667 bits per heavy atom. The summed E-state index contributed by atoms with van der Waals surface area (Å²) in [6, 6.07) is 27.7. The molecule has 0 bridgehead atoms. The van der Waals surface area contributed by atoms with Crippen LogP contribution < -0.4 is 0 Å². The van der Waals surface area contributed by atoms with Crippen molar-refractivity contribution in [2.24, 2.45) is 0 Å². The molecule has 0 N–H and O–H groups in total. The van der Waals surface area contributed by atoms with Crippen LogP contribution in [0.15, 0.2) is 105 Å². The lowest BCUT2D eigenvalue weighted by Crippen LogP contribution is -2.08. The largest absolute Gasteiger partial charge is 0.416 e. The highest BCUT2D eigenvalue weighted by Crippen LogP contribution is 2.46. The minimum absolute atomic E-state index is 0.521. The van der Waals surface area contributed by atoms with Gasteiger partial charge in [0.2, 0.25) is 0 Å². The number of rotatable bonds is 3. The maximum absolute atomic E-state index is 14.2. The Morgan fingerprint density at radius 2 is 1.28 bits per heavy atom. The van der Waals surface area contributed by atoms with Crippen molar-refractivity contribution in [3.63, 3.8) is 0 Å². The number of nitrogens with zero attached hydrogens (tertiary/aromatic N) is 1. The van der Waals surface area contributed by atoms with Gasteiger partial charge < -0.3 is 4.57 Å². The van der Waals surface area contributed by atoms with Gasteiger partial charge in [-0.25, -0.2) is 0 Å². The van der Waals surface area contributed by atoms with Crippen LogP contribution in [0.2, 0.25) is 0 Å². The Morgan fingerprint density at radius 3 is 1.83 bits per heavy atom. The monoisotopic (exact) mass is 625 g/mol. The SMILES string of the molecule is FC(F)(F)c1cc(-c2ccccc2)c(-n2c3cc(Br)ccc3c3ccc(Br)cc32)c(-c2cccs2)c1. The first-order valence-electron chi connectivity index (χ1n) is 11.1. The first kappa shape index (κ1) is 23.5. The van der Waals surface area contributed by atoms with Gasteiger partial charge in [-0.05, 0) is 53.4 Å². The normalized spacial score (nSPS) is 12.0. The summed E-state index contributed by atoms with van der Waals surface area (Å²) in [5.41, 5.74) is 3.64. The number of halogens is 5. The van der Waals surface area contributed by atoms with Crippen LogP contribution in [0, 0.1) is 0 Å². The standard InChI is InChI=1S/C29H16Br2F3NS/c30-19-8-10-21-22-11-9-20(31)16-26(22)35(25(21)15-19)28-23(17-5-2-1-3-6-17)13-18(29(32,33)34)14-24(28)27-7-4-12-36-27/h1-16H. The third kappa shape index (κ3) is 3.99. The van der Waals surface area contributed by atoms with E-state index in [-0.39, 0.29) is 0 Å². The molecule has 0 aliphatic heterocycles. The summed E-state index contributed by atoms with van der Waals surface area (Å²) < 4.78 is 46.4. The van der Waals surface area contributed by atoms with Crippen molar-refractivity contribution in [2.45, 2.75) is 6.18 Å². The Labute approximate surface area is 226 Å². The predicted molar refractivity (Wildman–Crippen MR) is 150 cm³/mol. The van der Waals surface area contributed by atoms with E-state index in [1.807, 2.05) is 84.2 Å². The summed E-state index contributed by atoms with van der Waals surface area (Å²) in [7, 11) is 0. The number of benzene rings is 4. The fourth-order valence-electron chi connectivity index (χ4n) is 4.70. The van der Waals surface area contributed by atoms with Crippen molar-refractivity contribution in [3.8, 4) is 27.3 Å². The zero-order valence-electron chi connectivity index (χ0n) is 18.5. The van der Waals surface area contributed by atoms with Crippen molar-refractivity contribution in [2.75, 3.05) is 0 Å². The van der Waals surface area contributed by atoms with Crippen molar-refractivity contribution < 1.29 is 13.2 Å². The molecule has 0 saturated heterocycles. The Hall–Kier alpha value is -2.87. The molecule has 2 heterocycles. The quantitative estimate of drug-likeness (QED) is 0.184. The van der Waals surface area contributed by atoms with E-state index in [1.165, 1.54) is 23.5 Å². The molecule has 1 nitrogen and oxygen atoms in total. The molecule has 36 heavy (non-hydrogen) atoms. The van der Waals surface area contributed by atoms with E-state index in [2.05, 4.69) is 36.4 Å². The molecule has 0 amide bonds. The van der Waals surface area contributed by atoms with E-state index < -0.39 is 11.7 Å². The molecule has 0 aliphatic carbocycles. The summed E-state index contributed by atoms with van der Waals surface area (Å²) >= 11 is 8.63. The van der Waals surface area contributed by atoms with Gasteiger partial charge >= 0.3 is 6.18 Å². The maximum atomic E-state index is 14.2. The minimum atomic E-state index is -4.49. The lowest BCUT2D eigenvalue weighted by atomic mass is 9.95. The first-order valence-corrected chi connectivity index (χ1v) is 13.5. The van der Waals surface area contributed by atoms with Crippen molar-refractivity contribution in [1.82, 2.24) is 4.57 Å². The van der Waals surface area contributed by atoms with Crippen LogP contribution in [0.4, 0.5) is 13.2 Å². The summed E-state index contributed by atoms with van der Waals surface area (Å²) in [5, 5.41) is 3.94. The van der Waals surface area contributed by atoms with Gasteiger partial charge in [-0.1, -0.05) is 80.4 Å². The van der Waals surface area contributed by atoms with E-state index in [0.717, 1.165) is 41.2 Å². The van der Waals surface area contributed by atoms with Crippen LogP contribution in [0.5, 0.6) is 0 Å². The zero-order chi connectivity index (χ0) is 25.0. The molecule has 0 radical (unpaired) electrons. The van der Waals surface area contributed by atoms with Crippen LogP contribution in [0.25, 0.3) is 49.1 Å². The summed E-state index contributed by atoms with van der Waals surface area (Å²) in [6.45, 7) is 0. The number of fused-ring (bicyclic) bond motifs is 3. The zero-order valence-corrected chi connectivity index (χ0v) is 22.5. The molecule has 0 atom stereocenters. The van der Waals surface area contributed by atoms with Gasteiger partial charge in [-0.15, -0.1) is 11.3 Å². The van der Waals surface area contributed by atoms with Crippen LogP contribution in [0.1, 0.15) is 5.56 Å². The lowest BCUT2D eigenvalue weighted by Gasteiger charge is -2.21. The molecular weight excluding hydrogens is 611 g/mol. The summed E-state index contributed by atoms with van der Waals surface area (Å²) in [4.78, 5) is 0.772. The van der Waals surface area contributed by atoms with Gasteiger partial charge in [0, 0.05) is 35.7 Å². The average molecular weight is 627 g/mol. The fraction of sp³-hybridized carbons (Fsp3) is 0.0345. The average Bonchev–Trinajstić information content (AvgIpc) is 3.49. The van der Waals surface area contributed by atoms with Crippen LogP contribution in [-0.2, 0) is 6.18 Å². The first-order chi connectivity index (χ1) is 17.3. The third-order valence-electron chi connectivity index (χ3n) is 6.22. The molecule has 2 aromatic heterocycles. The molecule has 4 aromatic carbocycles. The van der Waals surface area contributed by atoms with Crippen LogP contribution >= 0.6 is 43.2 Å². The summed E-state index contributed by atoms with van der Waals surface area (Å²) in [5.74, 6) is 0. The van der Waals surface area contributed by atoms with Crippen LogP contribution in [-0.4, -0.2) is 4.57 Å². The second-order valence-corrected chi connectivity index (χ2v) is 11.2. The number of thiophene rings is 1. The molecule has 0 saturated carbocycles. The maximum Gasteiger partial charge on any atom is 0.416 e. The topological polar surface area (TPSA) is 4.93 Å². The van der Waals surface area contributed by atoms with E-state index in [9.17, 15) is 13.2 Å². The van der Waals surface area contributed by atoms with Gasteiger partial charge in [0.25, 0.3) is 0 Å². The molecular formula is C29H16Br2F3NS. The third-order valence-corrected chi connectivity index (χ3v) is 8.11.